The molecule has 0 amide bonds. The summed E-state index contributed by atoms with van der Waals surface area (Å²) in [5.41, 5.74) is 0.0666. The van der Waals surface area contributed by atoms with E-state index in [0.29, 0.717) is 10.8 Å². The predicted molar refractivity (Wildman–Crippen MR) is 42.9 cm³/mol. The van der Waals surface area contributed by atoms with Gasteiger partial charge in [-0.1, -0.05) is 15.9 Å². The molecule has 2 N–H and O–H groups in total. The van der Waals surface area contributed by atoms with Crippen LogP contribution in [0.15, 0.2) is 16.6 Å². The van der Waals surface area contributed by atoms with Gasteiger partial charge in [-0.2, -0.15) is 0 Å². The molecule has 0 atom stereocenters. The average molecular weight is 217 g/mol. The molecular formula is C7H5BrO3. The average Bonchev–Trinajstić information content (AvgIpc) is 1.96. The fourth-order valence-electron chi connectivity index (χ4n) is 0.695. The number of hydrogen-bond donors (Lipinski definition) is 2. The Hall–Kier alpha value is -1.03. The van der Waals surface area contributed by atoms with Gasteiger partial charge < -0.3 is 10.2 Å². The number of rotatable bonds is 1. The molecule has 1 aromatic rings. The van der Waals surface area contributed by atoms with E-state index in [0.717, 1.165) is 0 Å². The molecule has 0 aromatic heterocycles. The fourth-order valence-corrected chi connectivity index (χ4v) is 1.16. The molecule has 3 nitrogen and oxygen atoms in total. The molecule has 0 unspecified atom stereocenters. The topological polar surface area (TPSA) is 57.5 Å². The molecule has 0 aliphatic carbocycles. The minimum absolute atomic E-state index is 0.0666. The first kappa shape index (κ1) is 8.07. The molecule has 58 valence electrons. The predicted octanol–water partition coefficient (Wildman–Crippen LogP) is 1.67. The quantitative estimate of drug-likeness (QED) is 0.555. The number of phenols is 2. The lowest BCUT2D eigenvalue weighted by atomic mass is 10.2. The van der Waals surface area contributed by atoms with E-state index >= 15 is 0 Å². The Balaban J connectivity index is 3.35. The van der Waals surface area contributed by atoms with E-state index in [1.165, 1.54) is 12.1 Å². The minimum atomic E-state index is -0.386. The van der Waals surface area contributed by atoms with Crippen molar-refractivity contribution in [2.75, 3.05) is 0 Å². The lowest BCUT2D eigenvalue weighted by Gasteiger charge is -2.00. The van der Waals surface area contributed by atoms with Gasteiger partial charge in [-0.15, -0.1) is 0 Å². The van der Waals surface area contributed by atoms with Crippen LogP contribution >= 0.6 is 15.9 Å². The third-order valence-corrected chi connectivity index (χ3v) is 1.67. The Kier molecular flexibility index (Phi) is 2.14. The van der Waals surface area contributed by atoms with Crippen molar-refractivity contribution in [2.24, 2.45) is 0 Å². The summed E-state index contributed by atoms with van der Waals surface area (Å²) in [5.74, 6) is -0.690. The summed E-state index contributed by atoms with van der Waals surface area (Å²) in [6.45, 7) is 0. The van der Waals surface area contributed by atoms with Gasteiger partial charge in [0.05, 0.1) is 5.56 Å². The van der Waals surface area contributed by atoms with E-state index in [9.17, 15) is 4.79 Å². The molecule has 0 bridgehead atoms. The van der Waals surface area contributed by atoms with Crippen molar-refractivity contribution >= 4 is 22.2 Å². The number of benzene rings is 1. The van der Waals surface area contributed by atoms with Gasteiger partial charge in [0.1, 0.15) is 0 Å². The van der Waals surface area contributed by atoms with Crippen molar-refractivity contribution in [2.45, 2.75) is 0 Å². The number of aldehydes is 1. The molecule has 0 spiro atoms. The van der Waals surface area contributed by atoms with Gasteiger partial charge >= 0.3 is 0 Å². The van der Waals surface area contributed by atoms with Crippen molar-refractivity contribution in [3.63, 3.8) is 0 Å². The molecule has 4 heteroatoms. The molecule has 11 heavy (non-hydrogen) atoms. The number of carbonyl (C=O) groups is 1. The van der Waals surface area contributed by atoms with Crippen molar-refractivity contribution in [1.29, 1.82) is 0 Å². The zero-order valence-corrected chi connectivity index (χ0v) is 7.00. The Morgan fingerprint density at radius 3 is 2.55 bits per heavy atom. The highest BCUT2D eigenvalue weighted by Crippen LogP contribution is 2.31. The Morgan fingerprint density at radius 2 is 2.00 bits per heavy atom. The molecular weight excluding hydrogens is 212 g/mol. The molecule has 0 aliphatic rings. The molecule has 0 radical (unpaired) electrons. The van der Waals surface area contributed by atoms with Gasteiger partial charge in [0.25, 0.3) is 0 Å². The van der Waals surface area contributed by atoms with Crippen LogP contribution in [0.1, 0.15) is 10.4 Å². The Bertz CT molecular complexity index is 296. The fraction of sp³-hybridized carbons (Fsp3) is 0. The number of halogens is 1. The molecule has 0 saturated heterocycles. The van der Waals surface area contributed by atoms with Gasteiger partial charge in [-0.3, -0.25) is 4.79 Å². The van der Waals surface area contributed by atoms with Crippen molar-refractivity contribution in [1.82, 2.24) is 0 Å². The van der Waals surface area contributed by atoms with Gasteiger partial charge in [-0.05, 0) is 12.1 Å². The zero-order chi connectivity index (χ0) is 8.43. The first-order valence-corrected chi connectivity index (χ1v) is 3.61. The summed E-state index contributed by atoms with van der Waals surface area (Å²) in [5, 5.41) is 18.0. The maximum Gasteiger partial charge on any atom is 0.168 e. The van der Waals surface area contributed by atoms with Crippen LogP contribution in [-0.4, -0.2) is 16.5 Å². The van der Waals surface area contributed by atoms with E-state index < -0.39 is 0 Å². The molecule has 1 aromatic carbocycles. The molecule has 0 saturated carbocycles. The second-order valence-corrected chi connectivity index (χ2v) is 2.90. The number of hydrogen-bond acceptors (Lipinski definition) is 3. The van der Waals surface area contributed by atoms with E-state index in [2.05, 4.69) is 15.9 Å². The summed E-state index contributed by atoms with van der Waals surface area (Å²) in [4.78, 5) is 10.2. The lowest BCUT2D eigenvalue weighted by Crippen LogP contribution is -1.81. The van der Waals surface area contributed by atoms with Crippen LogP contribution in [0.2, 0.25) is 0 Å². The van der Waals surface area contributed by atoms with Crippen molar-refractivity contribution in [3.05, 3.63) is 22.2 Å². The van der Waals surface area contributed by atoms with Gasteiger partial charge in [-0.25, -0.2) is 0 Å². The molecule has 0 aliphatic heterocycles. The van der Waals surface area contributed by atoms with Gasteiger partial charge in [0.15, 0.2) is 17.8 Å². The highest BCUT2D eigenvalue weighted by molar-refractivity contribution is 9.10. The highest BCUT2D eigenvalue weighted by atomic mass is 79.9. The van der Waals surface area contributed by atoms with Crippen LogP contribution in [0, 0.1) is 0 Å². The highest BCUT2D eigenvalue weighted by Gasteiger charge is 2.06. The van der Waals surface area contributed by atoms with Gasteiger partial charge in [0, 0.05) is 4.47 Å². The third kappa shape index (κ3) is 1.51. The van der Waals surface area contributed by atoms with Crippen LogP contribution in [-0.2, 0) is 0 Å². The smallest absolute Gasteiger partial charge is 0.168 e. The number of phenolic OH excluding ortho intramolecular Hbond substituents is 2. The Morgan fingerprint density at radius 1 is 1.36 bits per heavy atom. The number of aromatic hydroxyl groups is 2. The molecule has 1 rings (SSSR count). The lowest BCUT2D eigenvalue weighted by molar-refractivity contribution is 0.112. The normalized spacial score (nSPS) is 9.55. The van der Waals surface area contributed by atoms with Crippen LogP contribution < -0.4 is 0 Å². The Labute approximate surface area is 71.4 Å². The summed E-state index contributed by atoms with van der Waals surface area (Å²) in [7, 11) is 0. The maximum absolute atomic E-state index is 10.2. The first-order chi connectivity index (χ1) is 5.15. The second-order valence-electron chi connectivity index (χ2n) is 1.98. The number of carbonyl (C=O) groups excluding carboxylic acids is 1. The minimum Gasteiger partial charge on any atom is -0.504 e. The van der Waals surface area contributed by atoms with Crippen LogP contribution in [0.5, 0.6) is 11.5 Å². The SMILES string of the molecule is O=Cc1cc(Br)cc(O)c1O. The van der Waals surface area contributed by atoms with Crippen LogP contribution in [0.4, 0.5) is 0 Å². The maximum atomic E-state index is 10.2. The van der Waals surface area contributed by atoms with E-state index in [4.69, 9.17) is 10.2 Å². The summed E-state index contributed by atoms with van der Waals surface area (Å²) >= 11 is 3.06. The third-order valence-electron chi connectivity index (χ3n) is 1.21. The first-order valence-electron chi connectivity index (χ1n) is 2.82. The standard InChI is InChI=1S/C7H5BrO3/c8-5-1-4(3-9)7(11)6(10)2-5/h1-3,10-11H. The van der Waals surface area contributed by atoms with Crippen LogP contribution in [0.3, 0.4) is 0 Å². The molecule has 0 heterocycles. The summed E-state index contributed by atoms with van der Waals surface area (Å²) in [6.07, 6.45) is 0.472. The monoisotopic (exact) mass is 216 g/mol. The van der Waals surface area contributed by atoms with E-state index in [1.807, 2.05) is 0 Å². The van der Waals surface area contributed by atoms with Gasteiger partial charge in [0.2, 0.25) is 0 Å². The molecule has 0 fully saturated rings. The summed E-state index contributed by atoms with van der Waals surface area (Å²) in [6, 6.07) is 2.73. The van der Waals surface area contributed by atoms with E-state index in [1.54, 1.807) is 0 Å². The van der Waals surface area contributed by atoms with Crippen molar-refractivity contribution < 1.29 is 15.0 Å². The van der Waals surface area contributed by atoms with E-state index in [-0.39, 0.29) is 17.1 Å². The van der Waals surface area contributed by atoms with Crippen LogP contribution in [0.25, 0.3) is 0 Å². The summed E-state index contributed by atoms with van der Waals surface area (Å²) < 4.78 is 0.551. The zero-order valence-electron chi connectivity index (χ0n) is 5.41. The second kappa shape index (κ2) is 2.92. The largest absolute Gasteiger partial charge is 0.504 e. The van der Waals surface area contributed by atoms with Crippen molar-refractivity contribution in [3.8, 4) is 11.5 Å².